The van der Waals surface area contributed by atoms with Gasteiger partial charge in [-0.1, -0.05) is 41.9 Å². The molecule has 1 unspecified atom stereocenters. The highest BCUT2D eigenvalue weighted by atomic mass is 35.5. The van der Waals surface area contributed by atoms with Crippen molar-refractivity contribution in [2.24, 2.45) is 0 Å². The maximum Gasteiger partial charge on any atom is 0.328 e. The topological polar surface area (TPSA) is 96.4 Å². The second-order valence-electron chi connectivity index (χ2n) is 6.93. The van der Waals surface area contributed by atoms with E-state index < -0.39 is 16.0 Å². The van der Waals surface area contributed by atoms with Crippen LogP contribution in [0.1, 0.15) is 29.5 Å². The fourth-order valence-corrected chi connectivity index (χ4v) is 4.32. The van der Waals surface area contributed by atoms with Crippen molar-refractivity contribution in [2.45, 2.75) is 17.7 Å². The summed E-state index contributed by atoms with van der Waals surface area (Å²) in [6.07, 6.45) is 4.50. The average molecular weight is 457 g/mol. The van der Waals surface area contributed by atoms with Crippen molar-refractivity contribution in [1.82, 2.24) is 9.71 Å². The zero-order valence-corrected chi connectivity index (χ0v) is 18.3. The van der Waals surface area contributed by atoms with E-state index in [1.54, 1.807) is 25.4 Å². The number of aromatic nitrogens is 1. The lowest BCUT2D eigenvalue weighted by atomic mass is 9.91. The average Bonchev–Trinajstić information content (AvgIpc) is 2.75. The second kappa shape index (κ2) is 9.87. The second-order valence-corrected chi connectivity index (χ2v) is 9.14. The van der Waals surface area contributed by atoms with Crippen molar-refractivity contribution in [1.29, 1.82) is 0 Å². The molecule has 0 amide bonds. The molecule has 0 aliphatic rings. The minimum absolute atomic E-state index is 0.125. The Kier molecular flexibility index (Phi) is 7.22. The van der Waals surface area contributed by atoms with Crippen molar-refractivity contribution >= 4 is 33.2 Å². The third-order valence-corrected chi connectivity index (χ3v) is 6.49. The summed E-state index contributed by atoms with van der Waals surface area (Å²) >= 11 is 5.85. The van der Waals surface area contributed by atoms with E-state index >= 15 is 0 Å². The van der Waals surface area contributed by atoms with E-state index in [4.69, 9.17) is 16.7 Å². The fourth-order valence-electron chi connectivity index (χ4n) is 3.15. The minimum atomic E-state index is -3.73. The zero-order valence-electron chi connectivity index (χ0n) is 16.7. The van der Waals surface area contributed by atoms with Gasteiger partial charge in [-0.2, -0.15) is 0 Å². The minimum Gasteiger partial charge on any atom is -0.478 e. The normalized spacial score (nSPS) is 13.0. The quantitative estimate of drug-likeness (QED) is 0.492. The van der Waals surface area contributed by atoms with Gasteiger partial charge >= 0.3 is 5.97 Å². The number of halogens is 1. The van der Waals surface area contributed by atoms with Crippen molar-refractivity contribution in [2.75, 3.05) is 6.54 Å². The van der Waals surface area contributed by atoms with Gasteiger partial charge in [0.2, 0.25) is 10.0 Å². The van der Waals surface area contributed by atoms with Gasteiger partial charge < -0.3 is 5.11 Å². The van der Waals surface area contributed by atoms with Gasteiger partial charge in [-0.3, -0.25) is 4.98 Å². The number of carbonyl (C=O) groups is 1. The number of carboxylic acids is 1. The molecule has 31 heavy (non-hydrogen) atoms. The Bertz CT molecular complexity index is 1180. The van der Waals surface area contributed by atoms with Crippen LogP contribution >= 0.6 is 11.6 Å². The Hall–Kier alpha value is -3.00. The number of hydrogen-bond donors (Lipinski definition) is 2. The van der Waals surface area contributed by atoms with Gasteiger partial charge in [0.25, 0.3) is 0 Å². The van der Waals surface area contributed by atoms with Crippen molar-refractivity contribution in [3.63, 3.8) is 0 Å². The summed E-state index contributed by atoms with van der Waals surface area (Å²) < 4.78 is 28.1. The summed E-state index contributed by atoms with van der Waals surface area (Å²) in [5, 5.41) is 9.39. The molecule has 6 nitrogen and oxygen atoms in total. The third kappa shape index (κ3) is 6.01. The van der Waals surface area contributed by atoms with Gasteiger partial charge in [0, 0.05) is 36.0 Å². The first-order chi connectivity index (χ1) is 14.8. The highest BCUT2D eigenvalue weighted by molar-refractivity contribution is 7.89. The number of aliphatic carboxylic acids is 1. The molecule has 1 aromatic heterocycles. The molecule has 1 heterocycles. The van der Waals surface area contributed by atoms with E-state index in [0.29, 0.717) is 10.6 Å². The van der Waals surface area contributed by atoms with Crippen molar-refractivity contribution in [3.8, 4) is 0 Å². The van der Waals surface area contributed by atoms with Crippen LogP contribution in [0.25, 0.3) is 5.57 Å². The van der Waals surface area contributed by atoms with Gasteiger partial charge in [-0.15, -0.1) is 0 Å². The first kappa shape index (κ1) is 22.7. The Labute approximate surface area is 186 Å². The summed E-state index contributed by atoms with van der Waals surface area (Å²) in [5.41, 5.74) is 3.13. The molecule has 0 saturated heterocycles. The molecule has 0 radical (unpaired) electrons. The van der Waals surface area contributed by atoms with Gasteiger partial charge in [0.05, 0.1) is 4.90 Å². The first-order valence-corrected chi connectivity index (χ1v) is 11.3. The van der Waals surface area contributed by atoms with Crippen LogP contribution in [0.15, 0.2) is 84.0 Å². The number of allylic oxidation sites excluding steroid dienone is 1. The number of carboxylic acid groups (broad SMARTS) is 1. The monoisotopic (exact) mass is 456 g/mol. The summed E-state index contributed by atoms with van der Waals surface area (Å²) in [5.74, 6) is -1.29. The van der Waals surface area contributed by atoms with Crippen molar-refractivity contribution < 1.29 is 18.3 Å². The van der Waals surface area contributed by atoms with Gasteiger partial charge in [-0.05, 0) is 59.5 Å². The summed E-state index contributed by atoms with van der Waals surface area (Å²) in [6.45, 7) is 1.85. The predicted octanol–water partition coefficient (Wildman–Crippen LogP) is 4.33. The van der Waals surface area contributed by atoms with Crippen LogP contribution in [0.4, 0.5) is 0 Å². The number of pyridine rings is 1. The molecular formula is C23H21ClN2O4S. The Morgan fingerprint density at radius 3 is 2.35 bits per heavy atom. The highest BCUT2D eigenvalue weighted by Gasteiger charge is 2.20. The van der Waals surface area contributed by atoms with Crippen LogP contribution in [0.5, 0.6) is 0 Å². The number of nitrogens with one attached hydrogen (secondary N) is 1. The van der Waals surface area contributed by atoms with Crippen LogP contribution < -0.4 is 4.72 Å². The van der Waals surface area contributed by atoms with E-state index in [1.165, 1.54) is 24.3 Å². The number of nitrogens with zero attached hydrogens (tertiary/aromatic N) is 1. The Morgan fingerprint density at radius 2 is 1.77 bits per heavy atom. The lowest BCUT2D eigenvalue weighted by Gasteiger charge is -2.19. The zero-order chi connectivity index (χ0) is 22.4. The standard InChI is InChI=1S/C23H21ClN2O4S/c1-16(13-23(27)28)17-4-6-18(7-5-17)22(19-3-2-12-25-14-19)15-26-31(29,30)21-10-8-20(24)9-11-21/h2-14,22,26H,15H2,1H3,(H,27,28). The van der Waals surface area contributed by atoms with Gasteiger partial charge in [-0.25, -0.2) is 17.9 Å². The first-order valence-electron chi connectivity index (χ1n) is 9.43. The Morgan fingerprint density at radius 1 is 1.10 bits per heavy atom. The van der Waals surface area contributed by atoms with Crippen LogP contribution in [-0.2, 0) is 14.8 Å². The van der Waals surface area contributed by atoms with Crippen molar-refractivity contribution in [3.05, 3.63) is 101 Å². The number of benzene rings is 2. The molecule has 3 aromatic rings. The fraction of sp³-hybridized carbons (Fsp3) is 0.130. The molecular weight excluding hydrogens is 436 g/mol. The molecule has 160 valence electrons. The molecule has 0 fully saturated rings. The lowest BCUT2D eigenvalue weighted by molar-refractivity contribution is -0.131. The molecule has 0 aliphatic carbocycles. The molecule has 0 aliphatic heterocycles. The number of sulfonamides is 1. The molecule has 3 rings (SSSR count). The Balaban J connectivity index is 1.88. The molecule has 2 N–H and O–H groups in total. The van der Waals surface area contributed by atoms with E-state index in [-0.39, 0.29) is 17.4 Å². The number of hydrogen-bond acceptors (Lipinski definition) is 4. The largest absolute Gasteiger partial charge is 0.478 e. The lowest BCUT2D eigenvalue weighted by Crippen LogP contribution is -2.29. The summed E-state index contributed by atoms with van der Waals surface area (Å²) in [7, 11) is -3.73. The van der Waals surface area contributed by atoms with Gasteiger partial charge in [0.15, 0.2) is 0 Å². The highest BCUT2D eigenvalue weighted by Crippen LogP contribution is 2.26. The maximum atomic E-state index is 12.7. The van der Waals surface area contributed by atoms with Crippen LogP contribution in [0, 0.1) is 0 Å². The maximum absolute atomic E-state index is 12.7. The SMILES string of the molecule is CC(=CC(=O)O)c1ccc(C(CNS(=O)(=O)c2ccc(Cl)cc2)c2cccnc2)cc1. The molecule has 0 bridgehead atoms. The smallest absolute Gasteiger partial charge is 0.328 e. The molecule has 0 spiro atoms. The van der Waals surface area contributed by atoms with E-state index in [1.807, 2.05) is 30.3 Å². The molecule has 2 aromatic carbocycles. The van der Waals surface area contributed by atoms with E-state index in [0.717, 1.165) is 22.8 Å². The van der Waals surface area contributed by atoms with Gasteiger partial charge in [0.1, 0.15) is 0 Å². The van der Waals surface area contributed by atoms with Crippen LogP contribution in [0.3, 0.4) is 0 Å². The molecule has 8 heteroatoms. The number of rotatable bonds is 8. The predicted molar refractivity (Wildman–Crippen MR) is 120 cm³/mol. The molecule has 0 saturated carbocycles. The van der Waals surface area contributed by atoms with E-state index in [9.17, 15) is 13.2 Å². The third-order valence-electron chi connectivity index (χ3n) is 4.80. The molecule has 1 atom stereocenters. The summed E-state index contributed by atoms with van der Waals surface area (Å²) in [4.78, 5) is 15.2. The summed E-state index contributed by atoms with van der Waals surface area (Å²) in [6, 6.07) is 17.0. The van der Waals surface area contributed by atoms with Crippen LogP contribution in [0.2, 0.25) is 5.02 Å². The van der Waals surface area contributed by atoms with E-state index in [2.05, 4.69) is 9.71 Å². The van der Waals surface area contributed by atoms with Crippen LogP contribution in [-0.4, -0.2) is 31.0 Å².